The number of nitrogens with zero attached hydrogens (tertiary/aromatic N) is 1. The first-order valence-corrected chi connectivity index (χ1v) is 10.6. The Morgan fingerprint density at radius 1 is 0.800 bits per heavy atom. The van der Waals surface area contributed by atoms with Crippen molar-refractivity contribution in [3.8, 4) is 11.3 Å². The first-order chi connectivity index (χ1) is 17.1. The molecule has 1 heterocycles. The second-order valence-corrected chi connectivity index (χ2v) is 7.30. The number of methoxy groups -OCH3 is 1. The van der Waals surface area contributed by atoms with Gasteiger partial charge in [0.25, 0.3) is 11.8 Å². The highest BCUT2D eigenvalue weighted by atomic mass is 16.5. The number of hydrogen-bond donors (Lipinski definition) is 2. The van der Waals surface area contributed by atoms with Crippen LogP contribution >= 0.6 is 0 Å². The molecule has 8 nitrogen and oxygen atoms in total. The third-order valence-electron chi connectivity index (χ3n) is 5.04. The number of ether oxygens (including phenoxy) is 1. The predicted octanol–water partition coefficient (Wildman–Crippen LogP) is 4.75. The number of anilines is 1. The molecule has 4 rings (SSSR count). The van der Waals surface area contributed by atoms with E-state index in [4.69, 9.17) is 9.15 Å². The van der Waals surface area contributed by atoms with Gasteiger partial charge in [-0.15, -0.1) is 0 Å². The monoisotopic (exact) mass is 467 g/mol. The van der Waals surface area contributed by atoms with E-state index >= 15 is 0 Å². The minimum Gasteiger partial charge on any atom is -0.465 e. The minimum absolute atomic E-state index is 0.251. The molecule has 0 aliphatic carbocycles. The van der Waals surface area contributed by atoms with Crippen LogP contribution < -0.4 is 10.7 Å². The summed E-state index contributed by atoms with van der Waals surface area (Å²) in [7, 11) is 1.31. The van der Waals surface area contributed by atoms with Crippen LogP contribution in [0.4, 0.5) is 5.69 Å². The van der Waals surface area contributed by atoms with E-state index in [2.05, 4.69) is 15.8 Å². The molecule has 0 aliphatic rings. The average Bonchev–Trinajstić information content (AvgIpc) is 3.37. The minimum atomic E-state index is -0.506. The molecule has 0 aliphatic heterocycles. The third kappa shape index (κ3) is 5.51. The number of nitrogens with one attached hydrogen (secondary N) is 2. The number of rotatable bonds is 7. The Hall–Kier alpha value is -4.98. The molecule has 3 aromatic carbocycles. The molecular formula is C27H21N3O5. The smallest absolute Gasteiger partial charge is 0.338 e. The number of amides is 2. The van der Waals surface area contributed by atoms with Crippen molar-refractivity contribution in [1.29, 1.82) is 0 Å². The quantitative estimate of drug-likeness (QED) is 0.232. The number of hydrogen-bond acceptors (Lipinski definition) is 6. The molecule has 0 unspecified atom stereocenters. The second-order valence-electron chi connectivity index (χ2n) is 7.30. The SMILES string of the molecule is COC(=O)c1ccccc1-c1ccc(/C=N/NC(=O)c2ccccc2NC(=O)c2ccccc2)o1. The van der Waals surface area contributed by atoms with E-state index in [0.717, 1.165) is 0 Å². The normalized spacial score (nSPS) is 10.7. The van der Waals surface area contributed by atoms with Gasteiger partial charge in [-0.2, -0.15) is 5.10 Å². The second kappa shape index (κ2) is 10.8. The highest BCUT2D eigenvalue weighted by molar-refractivity contribution is 6.09. The van der Waals surface area contributed by atoms with E-state index in [9.17, 15) is 14.4 Å². The van der Waals surface area contributed by atoms with Crippen molar-refractivity contribution in [2.24, 2.45) is 5.10 Å². The van der Waals surface area contributed by atoms with Crippen LogP contribution in [0.15, 0.2) is 101 Å². The predicted molar refractivity (Wildman–Crippen MR) is 131 cm³/mol. The number of benzene rings is 3. The van der Waals surface area contributed by atoms with Gasteiger partial charge in [0.1, 0.15) is 11.5 Å². The van der Waals surface area contributed by atoms with E-state index < -0.39 is 11.9 Å². The Labute approximate surface area is 201 Å². The fourth-order valence-corrected chi connectivity index (χ4v) is 3.34. The summed E-state index contributed by atoms with van der Waals surface area (Å²) in [5.74, 6) is -0.492. The van der Waals surface area contributed by atoms with Crippen molar-refractivity contribution >= 4 is 29.7 Å². The van der Waals surface area contributed by atoms with Crippen LogP contribution in [-0.4, -0.2) is 31.1 Å². The van der Waals surface area contributed by atoms with Crippen molar-refractivity contribution in [3.63, 3.8) is 0 Å². The number of furan rings is 1. The zero-order chi connectivity index (χ0) is 24.6. The molecule has 4 aromatic rings. The largest absolute Gasteiger partial charge is 0.465 e. The standard InChI is InChI=1S/C27H21N3O5/c1-34-27(33)21-12-6-5-11-20(21)24-16-15-19(35-24)17-28-30-26(32)22-13-7-8-14-23(22)29-25(31)18-9-3-2-4-10-18/h2-17H,1H3,(H,29,31)(H,30,32)/b28-17+. The maximum atomic E-state index is 12.7. The number of esters is 1. The van der Waals surface area contributed by atoms with Gasteiger partial charge < -0.3 is 14.5 Å². The van der Waals surface area contributed by atoms with E-state index in [0.29, 0.717) is 33.9 Å². The molecule has 0 saturated carbocycles. The van der Waals surface area contributed by atoms with Gasteiger partial charge in [-0.25, -0.2) is 10.2 Å². The summed E-state index contributed by atoms with van der Waals surface area (Å²) in [6.45, 7) is 0. The highest BCUT2D eigenvalue weighted by Gasteiger charge is 2.16. The van der Waals surface area contributed by atoms with Crippen LogP contribution in [0.1, 0.15) is 36.8 Å². The highest BCUT2D eigenvalue weighted by Crippen LogP contribution is 2.26. The lowest BCUT2D eigenvalue weighted by atomic mass is 10.1. The van der Waals surface area contributed by atoms with E-state index in [-0.39, 0.29) is 11.5 Å². The fraction of sp³-hybridized carbons (Fsp3) is 0.0370. The van der Waals surface area contributed by atoms with Crippen LogP contribution in [0.5, 0.6) is 0 Å². The molecule has 2 amide bonds. The summed E-state index contributed by atoms with van der Waals surface area (Å²) in [6, 6.07) is 25.6. The van der Waals surface area contributed by atoms with Gasteiger partial charge in [0, 0.05) is 11.1 Å². The molecule has 0 saturated heterocycles. The van der Waals surface area contributed by atoms with Crippen molar-refractivity contribution in [1.82, 2.24) is 5.43 Å². The molecule has 1 aromatic heterocycles. The van der Waals surface area contributed by atoms with Crippen molar-refractivity contribution < 1.29 is 23.5 Å². The van der Waals surface area contributed by atoms with Gasteiger partial charge in [0.05, 0.1) is 30.1 Å². The summed E-state index contributed by atoms with van der Waals surface area (Å²) in [4.78, 5) is 37.2. The van der Waals surface area contributed by atoms with Crippen molar-refractivity contribution in [3.05, 3.63) is 113 Å². The maximum absolute atomic E-state index is 12.7. The molecule has 0 atom stereocenters. The Bertz CT molecular complexity index is 1390. The molecule has 35 heavy (non-hydrogen) atoms. The van der Waals surface area contributed by atoms with Gasteiger partial charge in [-0.05, 0) is 42.5 Å². The van der Waals surface area contributed by atoms with Crippen LogP contribution in [0.2, 0.25) is 0 Å². The molecule has 0 radical (unpaired) electrons. The van der Waals surface area contributed by atoms with E-state index in [1.807, 2.05) is 6.07 Å². The average molecular weight is 467 g/mol. The van der Waals surface area contributed by atoms with E-state index in [1.54, 1.807) is 84.9 Å². The summed E-state index contributed by atoms with van der Waals surface area (Å²) in [5.41, 5.74) is 4.46. The first kappa shape index (κ1) is 23.2. The van der Waals surface area contributed by atoms with Crippen molar-refractivity contribution in [2.75, 3.05) is 12.4 Å². The lowest BCUT2D eigenvalue weighted by Gasteiger charge is -2.10. The Balaban J connectivity index is 1.45. The summed E-state index contributed by atoms with van der Waals surface area (Å²) >= 11 is 0. The summed E-state index contributed by atoms with van der Waals surface area (Å²) in [5, 5.41) is 6.70. The lowest BCUT2D eigenvalue weighted by molar-refractivity contribution is 0.0601. The van der Waals surface area contributed by atoms with Gasteiger partial charge in [-0.1, -0.05) is 48.5 Å². The fourth-order valence-electron chi connectivity index (χ4n) is 3.34. The zero-order valence-electron chi connectivity index (χ0n) is 18.7. The number of carbonyl (C=O) groups is 3. The maximum Gasteiger partial charge on any atom is 0.338 e. The summed E-state index contributed by atoms with van der Waals surface area (Å²) < 4.78 is 10.6. The summed E-state index contributed by atoms with van der Waals surface area (Å²) in [6.07, 6.45) is 1.34. The topological polar surface area (TPSA) is 110 Å². The Morgan fingerprint density at radius 3 is 2.26 bits per heavy atom. The van der Waals surface area contributed by atoms with Crippen LogP contribution in [-0.2, 0) is 4.74 Å². The van der Waals surface area contributed by atoms with Crippen molar-refractivity contribution in [2.45, 2.75) is 0 Å². The Kier molecular flexibility index (Phi) is 7.13. The number of para-hydroxylation sites is 1. The van der Waals surface area contributed by atoms with E-state index in [1.165, 1.54) is 13.3 Å². The number of hydrazone groups is 1. The third-order valence-corrected chi connectivity index (χ3v) is 5.04. The molecule has 8 heteroatoms. The van der Waals surface area contributed by atoms with Crippen LogP contribution in [0.3, 0.4) is 0 Å². The lowest BCUT2D eigenvalue weighted by Crippen LogP contribution is -2.21. The molecule has 174 valence electrons. The number of carbonyl (C=O) groups excluding carboxylic acids is 3. The van der Waals surface area contributed by atoms with Gasteiger partial charge in [0.15, 0.2) is 0 Å². The van der Waals surface area contributed by atoms with Crippen LogP contribution in [0, 0.1) is 0 Å². The molecule has 0 spiro atoms. The van der Waals surface area contributed by atoms with Gasteiger partial charge in [0.2, 0.25) is 0 Å². The first-order valence-electron chi connectivity index (χ1n) is 10.6. The van der Waals surface area contributed by atoms with Gasteiger partial charge in [-0.3, -0.25) is 9.59 Å². The van der Waals surface area contributed by atoms with Gasteiger partial charge >= 0.3 is 5.97 Å². The zero-order valence-corrected chi connectivity index (χ0v) is 18.7. The molecule has 2 N–H and O–H groups in total. The molecule has 0 bridgehead atoms. The molecule has 0 fully saturated rings. The Morgan fingerprint density at radius 2 is 1.49 bits per heavy atom. The molecular weight excluding hydrogens is 446 g/mol. The van der Waals surface area contributed by atoms with Crippen LogP contribution in [0.25, 0.3) is 11.3 Å².